The fraction of sp³-hybridized carbons (Fsp3) is 0.176. The Hall–Kier alpha value is -2.47. The van der Waals surface area contributed by atoms with Crippen molar-refractivity contribution in [1.82, 2.24) is 0 Å². The van der Waals surface area contributed by atoms with E-state index in [-0.39, 0.29) is 22.9 Å². The van der Waals surface area contributed by atoms with Crippen molar-refractivity contribution in [2.45, 2.75) is 5.75 Å². The van der Waals surface area contributed by atoms with Gasteiger partial charge in [-0.2, -0.15) is 0 Å². The quantitative estimate of drug-likeness (QED) is 0.788. The summed E-state index contributed by atoms with van der Waals surface area (Å²) < 4.78 is 17.2. The summed E-state index contributed by atoms with van der Waals surface area (Å²) in [5, 5.41) is 8.83. The van der Waals surface area contributed by atoms with Gasteiger partial charge in [-0.25, -0.2) is 4.79 Å². The Morgan fingerprint density at radius 3 is 2.39 bits per heavy atom. The van der Waals surface area contributed by atoms with Gasteiger partial charge in [-0.1, -0.05) is 24.3 Å². The molecule has 5 nitrogen and oxygen atoms in total. The zero-order chi connectivity index (χ0) is 16.8. The van der Waals surface area contributed by atoms with Crippen LogP contribution < -0.4 is 4.74 Å². The Bertz CT molecular complexity index is 737. The summed E-state index contributed by atoms with van der Waals surface area (Å²) in [5.41, 5.74) is 1.36. The van der Waals surface area contributed by atoms with Gasteiger partial charge in [-0.05, 0) is 29.8 Å². The van der Waals surface area contributed by atoms with E-state index in [1.807, 2.05) is 0 Å². The molecule has 6 heteroatoms. The molecule has 23 heavy (non-hydrogen) atoms. The molecule has 0 aliphatic heterocycles. The van der Waals surface area contributed by atoms with Crippen molar-refractivity contribution in [3.05, 3.63) is 65.2 Å². The van der Waals surface area contributed by atoms with Crippen molar-refractivity contribution in [3.8, 4) is 5.75 Å². The highest BCUT2D eigenvalue weighted by molar-refractivity contribution is 7.85. The lowest BCUT2D eigenvalue weighted by Gasteiger charge is -2.05. The second-order valence-electron chi connectivity index (χ2n) is 4.89. The molecule has 2 aromatic rings. The van der Waals surface area contributed by atoms with E-state index in [4.69, 9.17) is 9.84 Å². The summed E-state index contributed by atoms with van der Waals surface area (Å²) in [6.45, 7) is 0. The number of benzene rings is 2. The highest BCUT2D eigenvalue weighted by Gasteiger charge is 2.12. The molecule has 1 N–H and O–H groups in total. The first-order chi connectivity index (χ1) is 11.0. The van der Waals surface area contributed by atoms with Crippen LogP contribution in [0.15, 0.2) is 48.5 Å². The third kappa shape index (κ3) is 4.75. The second kappa shape index (κ2) is 7.69. The molecule has 0 spiro atoms. The number of carbonyl (C=O) groups is 2. The molecule has 0 aromatic heterocycles. The summed E-state index contributed by atoms with van der Waals surface area (Å²) in [5.74, 6) is -0.537. The molecule has 0 amide bonds. The molecule has 2 aromatic carbocycles. The Morgan fingerprint density at radius 2 is 1.78 bits per heavy atom. The van der Waals surface area contributed by atoms with Gasteiger partial charge in [0.1, 0.15) is 5.75 Å². The van der Waals surface area contributed by atoms with Gasteiger partial charge in [0.15, 0.2) is 5.78 Å². The third-order valence-corrected chi connectivity index (χ3v) is 4.45. The van der Waals surface area contributed by atoms with E-state index in [9.17, 15) is 13.8 Å². The minimum atomic E-state index is -1.37. The Morgan fingerprint density at radius 1 is 1.09 bits per heavy atom. The van der Waals surface area contributed by atoms with E-state index in [0.717, 1.165) is 5.56 Å². The van der Waals surface area contributed by atoms with Gasteiger partial charge in [-0.3, -0.25) is 9.00 Å². The van der Waals surface area contributed by atoms with Crippen molar-refractivity contribution in [3.63, 3.8) is 0 Å². The minimum absolute atomic E-state index is 0.0894. The number of carboxylic acids is 1. The lowest BCUT2D eigenvalue weighted by Crippen LogP contribution is -2.12. The van der Waals surface area contributed by atoms with Crippen molar-refractivity contribution in [1.29, 1.82) is 0 Å². The first-order valence-corrected chi connectivity index (χ1v) is 8.33. The minimum Gasteiger partial charge on any atom is -0.497 e. The smallest absolute Gasteiger partial charge is 0.335 e. The van der Waals surface area contributed by atoms with Crippen molar-refractivity contribution >= 4 is 22.6 Å². The van der Waals surface area contributed by atoms with E-state index in [2.05, 4.69) is 0 Å². The average molecular weight is 332 g/mol. The van der Waals surface area contributed by atoms with Gasteiger partial charge in [-0.15, -0.1) is 0 Å². The number of ketones is 1. The first kappa shape index (κ1) is 16.9. The molecule has 1 unspecified atom stereocenters. The molecule has 0 saturated heterocycles. The fourth-order valence-corrected chi connectivity index (χ4v) is 3.13. The van der Waals surface area contributed by atoms with Crippen LogP contribution in [0.5, 0.6) is 5.75 Å². The van der Waals surface area contributed by atoms with E-state index in [0.29, 0.717) is 11.3 Å². The van der Waals surface area contributed by atoms with Crippen LogP contribution in [0.25, 0.3) is 0 Å². The van der Waals surface area contributed by atoms with Crippen LogP contribution in [0.4, 0.5) is 0 Å². The fourth-order valence-electron chi connectivity index (χ4n) is 2.01. The number of hydrogen-bond donors (Lipinski definition) is 1. The lowest BCUT2D eigenvalue weighted by molar-refractivity contribution is 0.0696. The van der Waals surface area contributed by atoms with Crippen molar-refractivity contribution in [2.24, 2.45) is 0 Å². The molecule has 1 atom stereocenters. The van der Waals surface area contributed by atoms with E-state index < -0.39 is 16.8 Å². The lowest BCUT2D eigenvalue weighted by atomic mass is 10.1. The maximum atomic E-state index is 12.1. The first-order valence-electron chi connectivity index (χ1n) is 6.84. The maximum Gasteiger partial charge on any atom is 0.335 e. The predicted molar refractivity (Wildman–Crippen MR) is 87.4 cm³/mol. The molecule has 2 rings (SSSR count). The Balaban J connectivity index is 1.98. The number of Topliss-reactive ketones (excluding diaryl/α,β-unsaturated/α-hetero) is 1. The van der Waals surface area contributed by atoms with Gasteiger partial charge in [0.05, 0.1) is 18.4 Å². The summed E-state index contributed by atoms with van der Waals surface area (Å²) in [7, 11) is 0.151. The number of methoxy groups -OCH3 is 1. The van der Waals surface area contributed by atoms with Gasteiger partial charge in [0.25, 0.3) is 0 Å². The maximum absolute atomic E-state index is 12.1. The molecule has 0 aliphatic carbocycles. The summed E-state index contributed by atoms with van der Waals surface area (Å²) in [6, 6.07) is 12.8. The topological polar surface area (TPSA) is 80.7 Å². The Labute approximate surface area is 136 Å². The summed E-state index contributed by atoms with van der Waals surface area (Å²) >= 11 is 0. The van der Waals surface area contributed by atoms with E-state index in [1.165, 1.54) is 19.2 Å². The molecule has 0 bridgehead atoms. The zero-order valence-electron chi connectivity index (χ0n) is 12.5. The van der Waals surface area contributed by atoms with Crippen LogP contribution in [0.1, 0.15) is 26.3 Å². The van der Waals surface area contributed by atoms with Gasteiger partial charge in [0, 0.05) is 22.1 Å². The molecular weight excluding hydrogens is 316 g/mol. The summed E-state index contributed by atoms with van der Waals surface area (Å²) in [4.78, 5) is 22.9. The van der Waals surface area contributed by atoms with Gasteiger partial charge >= 0.3 is 5.97 Å². The largest absolute Gasteiger partial charge is 0.497 e. The second-order valence-corrected chi connectivity index (χ2v) is 6.34. The predicted octanol–water partition coefficient (Wildman–Crippen LogP) is 2.53. The number of hydrogen-bond acceptors (Lipinski definition) is 4. The standard InChI is InChI=1S/C17H16O5S/c1-22-15-4-2-3-14(9-15)16(18)11-23(21)10-12-5-7-13(8-6-12)17(19)20/h2-9H,10-11H2,1H3,(H,19,20). The third-order valence-electron chi connectivity index (χ3n) is 3.21. The number of carboxylic acid groups (broad SMARTS) is 1. The van der Waals surface area contributed by atoms with E-state index >= 15 is 0 Å². The zero-order valence-corrected chi connectivity index (χ0v) is 13.3. The molecule has 120 valence electrons. The van der Waals surface area contributed by atoms with Crippen LogP contribution >= 0.6 is 0 Å². The molecule has 0 saturated carbocycles. The average Bonchev–Trinajstić information content (AvgIpc) is 2.55. The van der Waals surface area contributed by atoms with Crippen molar-refractivity contribution in [2.75, 3.05) is 12.9 Å². The van der Waals surface area contributed by atoms with Crippen molar-refractivity contribution < 1.29 is 23.6 Å². The number of rotatable bonds is 7. The molecule has 0 aliphatic rings. The van der Waals surface area contributed by atoms with Crippen LogP contribution in [0.3, 0.4) is 0 Å². The molecular formula is C17H16O5S. The summed E-state index contributed by atoms with van der Waals surface area (Å²) in [6.07, 6.45) is 0. The normalized spacial score (nSPS) is 11.7. The molecule has 0 fully saturated rings. The highest BCUT2D eigenvalue weighted by atomic mass is 32.2. The number of ether oxygens (including phenoxy) is 1. The molecule has 0 radical (unpaired) electrons. The number of aromatic carboxylic acids is 1. The SMILES string of the molecule is COc1cccc(C(=O)CS(=O)Cc2ccc(C(=O)O)cc2)c1. The monoisotopic (exact) mass is 332 g/mol. The Kier molecular flexibility index (Phi) is 5.65. The van der Waals surface area contributed by atoms with Crippen LogP contribution in [0, 0.1) is 0 Å². The van der Waals surface area contributed by atoms with Crippen LogP contribution in [-0.2, 0) is 16.6 Å². The van der Waals surface area contributed by atoms with Gasteiger partial charge in [0.2, 0.25) is 0 Å². The van der Waals surface area contributed by atoms with Crippen LogP contribution in [0.2, 0.25) is 0 Å². The van der Waals surface area contributed by atoms with E-state index in [1.54, 1.807) is 36.4 Å². The molecule has 0 heterocycles. The van der Waals surface area contributed by atoms with Gasteiger partial charge < -0.3 is 9.84 Å². The number of carbonyl (C=O) groups excluding carboxylic acids is 1. The van der Waals surface area contributed by atoms with Crippen LogP contribution in [-0.4, -0.2) is 33.9 Å². The highest BCUT2D eigenvalue weighted by Crippen LogP contribution is 2.14.